The normalized spacial score (nSPS) is 20.6. The molecule has 2 aromatic rings. The summed E-state index contributed by atoms with van der Waals surface area (Å²) in [6, 6.07) is 12.9. The van der Waals surface area contributed by atoms with Gasteiger partial charge in [-0.3, -0.25) is 9.69 Å². The number of nitrogens with two attached hydrogens (primary N) is 1. The van der Waals surface area contributed by atoms with Crippen molar-refractivity contribution in [3.05, 3.63) is 64.7 Å². The predicted octanol–water partition coefficient (Wildman–Crippen LogP) is 3.72. The number of amides is 1. The average Bonchev–Trinajstić information content (AvgIpc) is 2.96. The quantitative estimate of drug-likeness (QED) is 0.826. The van der Waals surface area contributed by atoms with E-state index >= 15 is 0 Å². The van der Waals surface area contributed by atoms with E-state index in [1.54, 1.807) is 0 Å². The minimum atomic E-state index is -4.61. The molecule has 1 amide bonds. The lowest BCUT2D eigenvalue weighted by Gasteiger charge is -2.18. The summed E-state index contributed by atoms with van der Waals surface area (Å²) < 4.78 is 39.4. The van der Waals surface area contributed by atoms with Gasteiger partial charge in [-0.25, -0.2) is 0 Å². The predicted molar refractivity (Wildman–Crippen MR) is 98.7 cm³/mol. The lowest BCUT2D eigenvalue weighted by Crippen LogP contribution is -2.34. The van der Waals surface area contributed by atoms with Crippen LogP contribution in [0.2, 0.25) is 5.02 Å². The lowest BCUT2D eigenvalue weighted by molar-refractivity contribution is -0.137. The van der Waals surface area contributed by atoms with Gasteiger partial charge in [0, 0.05) is 30.1 Å². The zero-order chi connectivity index (χ0) is 19.6. The van der Waals surface area contributed by atoms with Crippen LogP contribution in [0.4, 0.5) is 18.9 Å². The average molecular weight is 398 g/mol. The lowest BCUT2D eigenvalue weighted by atomic mass is 9.95. The molecule has 8 heteroatoms. The molecule has 3 rings (SSSR count). The smallest absolute Gasteiger partial charge is 0.326 e. The Balaban J connectivity index is 1.66. The first kappa shape index (κ1) is 19.7. The zero-order valence-corrected chi connectivity index (χ0v) is 15.1. The van der Waals surface area contributed by atoms with Crippen LogP contribution in [0.15, 0.2) is 48.5 Å². The number of carbonyl (C=O) groups is 1. The second-order valence-electron chi connectivity index (χ2n) is 6.61. The molecule has 27 heavy (non-hydrogen) atoms. The molecule has 0 spiro atoms. The fraction of sp³-hybridized carbons (Fsp3) is 0.316. The number of nitrogens with zero attached hydrogens (tertiary/aromatic N) is 1. The molecule has 144 valence electrons. The van der Waals surface area contributed by atoms with E-state index in [2.05, 4.69) is 5.32 Å². The Morgan fingerprint density at radius 1 is 1.19 bits per heavy atom. The molecule has 0 radical (unpaired) electrons. The first-order valence-corrected chi connectivity index (χ1v) is 8.81. The SMILES string of the molecule is N[C@@H]1CN(CC(=O)Nc2ccc(Cl)cc2C(F)(F)F)C[C@H]1c1ccccc1. The Morgan fingerprint density at radius 2 is 1.89 bits per heavy atom. The summed E-state index contributed by atoms with van der Waals surface area (Å²) in [4.78, 5) is 14.1. The number of rotatable bonds is 4. The Kier molecular flexibility index (Phi) is 5.74. The molecule has 1 fully saturated rings. The van der Waals surface area contributed by atoms with Gasteiger partial charge in [0.1, 0.15) is 0 Å². The van der Waals surface area contributed by atoms with Crippen molar-refractivity contribution in [3.8, 4) is 0 Å². The second-order valence-corrected chi connectivity index (χ2v) is 7.05. The van der Waals surface area contributed by atoms with E-state index < -0.39 is 17.6 Å². The molecule has 1 saturated heterocycles. The van der Waals surface area contributed by atoms with Gasteiger partial charge in [0.15, 0.2) is 0 Å². The van der Waals surface area contributed by atoms with Gasteiger partial charge >= 0.3 is 6.18 Å². The van der Waals surface area contributed by atoms with Crippen molar-refractivity contribution in [2.45, 2.75) is 18.1 Å². The summed E-state index contributed by atoms with van der Waals surface area (Å²) in [7, 11) is 0. The summed E-state index contributed by atoms with van der Waals surface area (Å²) in [6.07, 6.45) is -4.61. The van der Waals surface area contributed by atoms with Crippen LogP contribution in [-0.4, -0.2) is 36.5 Å². The number of alkyl halides is 3. The molecular weight excluding hydrogens is 379 g/mol. The van der Waals surface area contributed by atoms with Crippen molar-refractivity contribution in [2.75, 3.05) is 25.0 Å². The van der Waals surface area contributed by atoms with Crippen LogP contribution in [0.1, 0.15) is 17.0 Å². The Hall–Kier alpha value is -2.09. The van der Waals surface area contributed by atoms with E-state index in [-0.39, 0.29) is 29.2 Å². The van der Waals surface area contributed by atoms with Gasteiger partial charge in [-0.15, -0.1) is 0 Å². The third kappa shape index (κ3) is 4.80. The van der Waals surface area contributed by atoms with Gasteiger partial charge in [0.2, 0.25) is 5.91 Å². The van der Waals surface area contributed by atoms with Crippen LogP contribution in [-0.2, 0) is 11.0 Å². The monoisotopic (exact) mass is 397 g/mol. The first-order valence-electron chi connectivity index (χ1n) is 8.43. The molecule has 1 aliphatic heterocycles. The molecule has 4 nitrogen and oxygen atoms in total. The van der Waals surface area contributed by atoms with Crippen molar-refractivity contribution in [1.29, 1.82) is 0 Å². The number of anilines is 1. The molecule has 3 N–H and O–H groups in total. The van der Waals surface area contributed by atoms with Crippen molar-refractivity contribution < 1.29 is 18.0 Å². The van der Waals surface area contributed by atoms with Crippen LogP contribution < -0.4 is 11.1 Å². The van der Waals surface area contributed by atoms with E-state index in [4.69, 9.17) is 17.3 Å². The Morgan fingerprint density at radius 3 is 2.56 bits per heavy atom. The highest BCUT2D eigenvalue weighted by atomic mass is 35.5. The Bertz CT molecular complexity index is 814. The zero-order valence-electron chi connectivity index (χ0n) is 14.3. The summed E-state index contributed by atoms with van der Waals surface area (Å²) in [5.74, 6) is -0.441. The van der Waals surface area contributed by atoms with Crippen LogP contribution >= 0.6 is 11.6 Å². The molecule has 0 unspecified atom stereocenters. The van der Waals surface area contributed by atoms with E-state index in [1.807, 2.05) is 35.2 Å². The van der Waals surface area contributed by atoms with Gasteiger partial charge < -0.3 is 11.1 Å². The van der Waals surface area contributed by atoms with Gasteiger partial charge in [0.05, 0.1) is 17.8 Å². The molecule has 2 aromatic carbocycles. The van der Waals surface area contributed by atoms with Gasteiger partial charge in [-0.2, -0.15) is 13.2 Å². The molecule has 1 aliphatic rings. The van der Waals surface area contributed by atoms with Gasteiger partial charge in [-0.1, -0.05) is 41.9 Å². The van der Waals surface area contributed by atoms with E-state index in [1.165, 1.54) is 6.07 Å². The van der Waals surface area contributed by atoms with Crippen molar-refractivity contribution in [3.63, 3.8) is 0 Å². The van der Waals surface area contributed by atoms with E-state index in [0.29, 0.717) is 13.1 Å². The third-order valence-electron chi connectivity index (χ3n) is 4.60. The Labute approximate surface area is 160 Å². The number of likely N-dealkylation sites (tertiary alicyclic amines) is 1. The van der Waals surface area contributed by atoms with Crippen molar-refractivity contribution in [1.82, 2.24) is 4.90 Å². The van der Waals surface area contributed by atoms with Crippen LogP contribution in [0.5, 0.6) is 0 Å². The van der Waals surface area contributed by atoms with Crippen molar-refractivity contribution >= 4 is 23.2 Å². The standard InChI is InChI=1S/C19H19ClF3N3O/c20-13-6-7-17(15(8-13)19(21,22)23)25-18(27)11-26-9-14(16(24)10-26)12-4-2-1-3-5-12/h1-8,14,16H,9-11,24H2,(H,25,27)/t14-,16+/m0/s1. The summed E-state index contributed by atoms with van der Waals surface area (Å²) in [5.41, 5.74) is 6.00. The number of halogens is 4. The highest BCUT2D eigenvalue weighted by molar-refractivity contribution is 6.30. The highest BCUT2D eigenvalue weighted by Gasteiger charge is 2.35. The number of hydrogen-bond donors (Lipinski definition) is 2. The maximum atomic E-state index is 13.1. The maximum absolute atomic E-state index is 13.1. The minimum Gasteiger partial charge on any atom is -0.326 e. The van der Waals surface area contributed by atoms with E-state index in [9.17, 15) is 18.0 Å². The topological polar surface area (TPSA) is 58.4 Å². The maximum Gasteiger partial charge on any atom is 0.418 e. The van der Waals surface area contributed by atoms with Crippen LogP contribution in [0, 0.1) is 0 Å². The molecule has 1 heterocycles. The molecule has 0 bridgehead atoms. The molecule has 0 saturated carbocycles. The number of nitrogens with one attached hydrogen (secondary N) is 1. The fourth-order valence-corrected chi connectivity index (χ4v) is 3.52. The summed E-state index contributed by atoms with van der Waals surface area (Å²) in [6.45, 7) is 1.04. The summed E-state index contributed by atoms with van der Waals surface area (Å²) in [5, 5.41) is 2.30. The summed E-state index contributed by atoms with van der Waals surface area (Å²) >= 11 is 5.65. The molecule has 0 aromatic heterocycles. The van der Waals surface area contributed by atoms with Crippen LogP contribution in [0.3, 0.4) is 0 Å². The molecule has 2 atom stereocenters. The molecular formula is C19H19ClF3N3O. The molecule has 0 aliphatic carbocycles. The number of carbonyl (C=O) groups excluding carboxylic acids is 1. The second kappa shape index (κ2) is 7.88. The van der Waals surface area contributed by atoms with Crippen molar-refractivity contribution in [2.24, 2.45) is 5.73 Å². The highest BCUT2D eigenvalue weighted by Crippen LogP contribution is 2.36. The number of benzene rings is 2. The first-order chi connectivity index (χ1) is 12.7. The van der Waals surface area contributed by atoms with Gasteiger partial charge in [-0.05, 0) is 23.8 Å². The van der Waals surface area contributed by atoms with Gasteiger partial charge in [0.25, 0.3) is 0 Å². The fourth-order valence-electron chi connectivity index (χ4n) is 3.35. The largest absolute Gasteiger partial charge is 0.418 e. The van der Waals surface area contributed by atoms with E-state index in [0.717, 1.165) is 17.7 Å². The number of hydrogen-bond acceptors (Lipinski definition) is 3. The van der Waals surface area contributed by atoms with Crippen LogP contribution in [0.25, 0.3) is 0 Å². The minimum absolute atomic E-state index is 0.0308. The third-order valence-corrected chi connectivity index (χ3v) is 4.83.